The number of hydrogen-bond acceptors (Lipinski definition) is 6. The van der Waals surface area contributed by atoms with Gasteiger partial charge in [0, 0.05) is 19.4 Å². The van der Waals surface area contributed by atoms with Crippen LogP contribution in [0.1, 0.15) is 59.2 Å². The van der Waals surface area contributed by atoms with Gasteiger partial charge in [-0.25, -0.2) is 4.79 Å². The summed E-state index contributed by atoms with van der Waals surface area (Å²) in [5.41, 5.74) is -0.905. The van der Waals surface area contributed by atoms with Gasteiger partial charge in [-0.1, -0.05) is 12.1 Å². The summed E-state index contributed by atoms with van der Waals surface area (Å²) in [6, 6.07) is 1.22. The van der Waals surface area contributed by atoms with Gasteiger partial charge >= 0.3 is 5.97 Å². The fourth-order valence-electron chi connectivity index (χ4n) is 1.94. The number of aromatic nitrogens is 2. The fraction of sp³-hybridized carbons (Fsp3) is 0.429. The number of aryl methyl sites for hydroxylation is 2. The molecular weight excluding hydrogens is 290 g/mol. The largest absolute Gasteiger partial charge is 0.478 e. The zero-order chi connectivity index (χ0) is 16.5. The summed E-state index contributed by atoms with van der Waals surface area (Å²) in [5.74, 6) is -0.786. The number of carboxylic acid groups (broad SMARTS) is 1. The number of carboxylic acids is 1. The predicted octanol–water partition coefficient (Wildman–Crippen LogP) is 1.90. The lowest BCUT2D eigenvalue weighted by molar-refractivity contribution is 0.0694. The van der Waals surface area contributed by atoms with Crippen LogP contribution in [0.2, 0.25) is 0 Å². The minimum Gasteiger partial charge on any atom is -0.478 e. The number of furan rings is 1. The molecule has 22 heavy (non-hydrogen) atoms. The van der Waals surface area contributed by atoms with E-state index >= 15 is 0 Å². The quantitative estimate of drug-likeness (QED) is 0.865. The van der Waals surface area contributed by atoms with E-state index < -0.39 is 17.4 Å². The number of nitrogens with zero attached hydrogens (tertiary/aromatic N) is 2. The summed E-state index contributed by atoms with van der Waals surface area (Å²) >= 11 is 0. The second-order valence-corrected chi connectivity index (χ2v) is 5.32. The molecule has 0 aliphatic heterocycles. The monoisotopic (exact) mass is 307 g/mol. The van der Waals surface area contributed by atoms with Gasteiger partial charge in [-0.2, -0.15) is 4.98 Å². The molecule has 0 radical (unpaired) electrons. The van der Waals surface area contributed by atoms with Crippen LogP contribution in [0.5, 0.6) is 0 Å². The van der Waals surface area contributed by atoms with E-state index in [1.807, 2.05) is 0 Å². The van der Waals surface area contributed by atoms with Crippen molar-refractivity contribution in [3.8, 4) is 0 Å². The molecule has 0 aromatic carbocycles. The smallest absolute Gasteiger partial charge is 0.339 e. The number of amides is 1. The molecular formula is C14H17N3O5. The summed E-state index contributed by atoms with van der Waals surface area (Å²) < 4.78 is 10.2. The zero-order valence-corrected chi connectivity index (χ0v) is 12.8. The number of carbonyl (C=O) groups excluding carboxylic acids is 1. The number of hydrogen-bond donors (Lipinski definition) is 2. The summed E-state index contributed by atoms with van der Waals surface area (Å²) in [4.78, 5) is 27.4. The Morgan fingerprint density at radius 1 is 1.41 bits per heavy atom. The maximum absolute atomic E-state index is 12.3. The molecule has 0 atom stereocenters. The Hall–Kier alpha value is -2.64. The van der Waals surface area contributed by atoms with Crippen molar-refractivity contribution in [2.75, 3.05) is 0 Å². The molecule has 8 nitrogen and oxygen atoms in total. The summed E-state index contributed by atoms with van der Waals surface area (Å²) in [6.45, 7) is 6.81. The lowest BCUT2D eigenvalue weighted by atomic mass is 10.0. The highest BCUT2D eigenvalue weighted by Gasteiger charge is 2.30. The van der Waals surface area contributed by atoms with Crippen LogP contribution >= 0.6 is 0 Å². The highest BCUT2D eigenvalue weighted by Crippen LogP contribution is 2.20. The van der Waals surface area contributed by atoms with Gasteiger partial charge < -0.3 is 19.4 Å². The molecule has 8 heteroatoms. The van der Waals surface area contributed by atoms with Crippen molar-refractivity contribution in [2.45, 2.75) is 39.7 Å². The van der Waals surface area contributed by atoms with Crippen molar-refractivity contribution in [1.29, 1.82) is 0 Å². The average Bonchev–Trinajstić information content (AvgIpc) is 3.04. The van der Waals surface area contributed by atoms with Crippen molar-refractivity contribution >= 4 is 11.9 Å². The molecule has 1 amide bonds. The van der Waals surface area contributed by atoms with Crippen LogP contribution in [0.15, 0.2) is 15.0 Å². The van der Waals surface area contributed by atoms with Crippen LogP contribution in [0.4, 0.5) is 0 Å². The number of rotatable bonds is 5. The molecule has 0 bridgehead atoms. The normalized spacial score (nSPS) is 11.5. The zero-order valence-electron chi connectivity index (χ0n) is 12.8. The minimum atomic E-state index is -1.13. The summed E-state index contributed by atoms with van der Waals surface area (Å²) in [6.07, 6.45) is 0.377. The third-order valence-corrected chi connectivity index (χ3v) is 3.10. The van der Waals surface area contributed by atoms with Crippen LogP contribution < -0.4 is 5.32 Å². The predicted molar refractivity (Wildman–Crippen MR) is 74.6 cm³/mol. The van der Waals surface area contributed by atoms with Gasteiger partial charge in [-0.05, 0) is 13.8 Å². The third-order valence-electron chi connectivity index (χ3n) is 3.10. The third kappa shape index (κ3) is 3.00. The molecule has 0 aliphatic carbocycles. The van der Waals surface area contributed by atoms with E-state index in [0.29, 0.717) is 18.1 Å². The van der Waals surface area contributed by atoms with Crippen molar-refractivity contribution in [2.24, 2.45) is 0 Å². The maximum Gasteiger partial charge on any atom is 0.339 e. The van der Waals surface area contributed by atoms with Gasteiger partial charge in [0.1, 0.15) is 11.3 Å². The Kier molecular flexibility index (Phi) is 4.03. The van der Waals surface area contributed by atoms with E-state index in [9.17, 15) is 9.59 Å². The van der Waals surface area contributed by atoms with Crippen LogP contribution in [-0.4, -0.2) is 27.1 Å². The average molecular weight is 307 g/mol. The molecule has 118 valence electrons. The number of carbonyl (C=O) groups is 2. The Morgan fingerprint density at radius 2 is 2.09 bits per heavy atom. The van der Waals surface area contributed by atoms with Crippen molar-refractivity contribution in [1.82, 2.24) is 15.5 Å². The van der Waals surface area contributed by atoms with Crippen molar-refractivity contribution in [3.63, 3.8) is 0 Å². The number of aromatic carboxylic acids is 1. The van der Waals surface area contributed by atoms with E-state index in [0.717, 1.165) is 0 Å². The molecule has 2 rings (SSSR count). The molecule has 2 heterocycles. The molecule has 2 aromatic heterocycles. The summed E-state index contributed by atoms with van der Waals surface area (Å²) in [5, 5.41) is 15.6. The first kappa shape index (κ1) is 15.7. The van der Waals surface area contributed by atoms with E-state index in [1.165, 1.54) is 6.07 Å². The van der Waals surface area contributed by atoms with E-state index in [4.69, 9.17) is 14.0 Å². The first-order valence-electron chi connectivity index (χ1n) is 6.74. The van der Waals surface area contributed by atoms with Crippen LogP contribution in [0, 0.1) is 6.92 Å². The van der Waals surface area contributed by atoms with Crippen LogP contribution in [0.25, 0.3) is 0 Å². The SMILES string of the molecule is CCc1oc(C(=O)NC(C)(C)c2noc(C)n2)cc1C(=O)O. The summed E-state index contributed by atoms with van der Waals surface area (Å²) in [7, 11) is 0. The highest BCUT2D eigenvalue weighted by molar-refractivity contribution is 5.96. The standard InChI is InChI=1S/C14H17N3O5/c1-5-9-8(12(19)20)6-10(21-9)11(18)16-14(3,4)13-15-7(2)22-17-13/h6H,5H2,1-4H3,(H,16,18)(H,19,20). The van der Waals surface area contributed by atoms with Gasteiger partial charge in [0.25, 0.3) is 5.91 Å². The van der Waals surface area contributed by atoms with Crippen molar-refractivity contribution in [3.05, 3.63) is 34.9 Å². The molecule has 0 spiro atoms. The molecule has 0 saturated heterocycles. The van der Waals surface area contributed by atoms with E-state index in [-0.39, 0.29) is 17.1 Å². The van der Waals surface area contributed by atoms with Crippen LogP contribution in [-0.2, 0) is 12.0 Å². The molecule has 0 saturated carbocycles. The second-order valence-electron chi connectivity index (χ2n) is 5.32. The van der Waals surface area contributed by atoms with Gasteiger partial charge in [0.15, 0.2) is 11.6 Å². The lowest BCUT2D eigenvalue weighted by Crippen LogP contribution is -2.41. The van der Waals surface area contributed by atoms with Crippen molar-refractivity contribution < 1.29 is 23.6 Å². The first-order valence-corrected chi connectivity index (χ1v) is 6.74. The molecule has 2 aromatic rings. The van der Waals surface area contributed by atoms with Gasteiger partial charge in [0.2, 0.25) is 5.89 Å². The van der Waals surface area contributed by atoms with E-state index in [2.05, 4.69) is 15.5 Å². The van der Waals surface area contributed by atoms with Gasteiger partial charge in [-0.3, -0.25) is 4.79 Å². The Bertz CT molecular complexity index is 714. The molecule has 0 fully saturated rings. The molecule has 0 unspecified atom stereocenters. The maximum atomic E-state index is 12.3. The van der Waals surface area contributed by atoms with E-state index in [1.54, 1.807) is 27.7 Å². The minimum absolute atomic E-state index is 0.0131. The van der Waals surface area contributed by atoms with Crippen LogP contribution in [0.3, 0.4) is 0 Å². The highest BCUT2D eigenvalue weighted by atomic mass is 16.5. The number of nitrogens with one attached hydrogen (secondary N) is 1. The van der Waals surface area contributed by atoms with Gasteiger partial charge in [-0.15, -0.1) is 0 Å². The first-order chi connectivity index (χ1) is 10.2. The Balaban J connectivity index is 2.23. The fourth-order valence-corrected chi connectivity index (χ4v) is 1.94. The Morgan fingerprint density at radius 3 is 2.55 bits per heavy atom. The topological polar surface area (TPSA) is 118 Å². The second kappa shape index (κ2) is 5.63. The molecule has 0 aliphatic rings. The lowest BCUT2D eigenvalue weighted by Gasteiger charge is -2.21. The Labute approximate surface area is 126 Å². The molecule has 2 N–H and O–H groups in total. The van der Waals surface area contributed by atoms with Gasteiger partial charge in [0.05, 0.1) is 5.54 Å².